The van der Waals surface area contributed by atoms with Crippen LogP contribution in [-0.2, 0) is 15.6 Å². The second-order valence-corrected chi connectivity index (χ2v) is 9.38. The number of aromatic nitrogens is 1. The van der Waals surface area contributed by atoms with E-state index in [1.54, 1.807) is 25.3 Å². The van der Waals surface area contributed by atoms with Gasteiger partial charge in [-0.05, 0) is 36.4 Å². The first-order valence-corrected chi connectivity index (χ1v) is 11.8. The number of ether oxygens (including phenoxy) is 1. The van der Waals surface area contributed by atoms with Crippen molar-refractivity contribution in [2.45, 2.75) is 10.6 Å². The van der Waals surface area contributed by atoms with E-state index in [1.807, 2.05) is 29.6 Å². The first-order chi connectivity index (χ1) is 15.0. The normalized spacial score (nSPS) is 11.3. The molecular weight excluding hydrogens is 436 g/mol. The lowest BCUT2D eigenvalue weighted by Gasteiger charge is -2.05. The van der Waals surface area contributed by atoms with Crippen molar-refractivity contribution < 1.29 is 22.4 Å². The highest BCUT2D eigenvalue weighted by Crippen LogP contribution is 2.32. The topological polar surface area (TPSA) is 98.5 Å². The Bertz CT molecular complexity index is 1310. The molecule has 0 unspecified atom stereocenters. The Morgan fingerprint density at radius 2 is 1.81 bits per heavy atom. The molecule has 0 bridgehead atoms. The van der Waals surface area contributed by atoms with E-state index in [1.165, 1.54) is 35.6 Å². The highest BCUT2D eigenvalue weighted by Gasteiger charge is 2.20. The van der Waals surface area contributed by atoms with Gasteiger partial charge in [0.1, 0.15) is 17.3 Å². The van der Waals surface area contributed by atoms with Crippen molar-refractivity contribution in [2.24, 2.45) is 0 Å². The molecule has 0 aliphatic heterocycles. The molecule has 9 heteroatoms. The van der Waals surface area contributed by atoms with Gasteiger partial charge < -0.3 is 9.15 Å². The van der Waals surface area contributed by atoms with E-state index in [0.717, 1.165) is 5.56 Å². The van der Waals surface area contributed by atoms with Crippen LogP contribution in [0.5, 0.6) is 5.75 Å². The van der Waals surface area contributed by atoms with Crippen molar-refractivity contribution in [3.05, 3.63) is 83.6 Å². The highest BCUT2D eigenvalue weighted by molar-refractivity contribution is 7.90. The van der Waals surface area contributed by atoms with E-state index >= 15 is 0 Å². The van der Waals surface area contributed by atoms with Crippen molar-refractivity contribution in [1.29, 1.82) is 0 Å². The van der Waals surface area contributed by atoms with Gasteiger partial charge >= 0.3 is 0 Å². The second-order valence-electron chi connectivity index (χ2n) is 6.53. The third-order valence-electron chi connectivity index (χ3n) is 4.43. The largest absolute Gasteiger partial charge is 0.496 e. The lowest BCUT2D eigenvalue weighted by atomic mass is 10.1. The number of carbonyl (C=O) groups excluding carboxylic acids is 1. The Kier molecular flexibility index (Phi) is 5.88. The molecule has 2 aromatic carbocycles. The zero-order valence-electron chi connectivity index (χ0n) is 16.4. The van der Waals surface area contributed by atoms with E-state index in [2.05, 4.69) is 10.3 Å². The van der Waals surface area contributed by atoms with Gasteiger partial charge in [-0.1, -0.05) is 30.3 Å². The lowest BCUT2D eigenvalue weighted by Crippen LogP contribution is -2.10. The number of furan rings is 1. The molecule has 0 aliphatic carbocycles. The molecule has 0 saturated carbocycles. The first-order valence-electron chi connectivity index (χ1n) is 9.23. The van der Waals surface area contributed by atoms with Crippen LogP contribution in [0.25, 0.3) is 11.3 Å². The van der Waals surface area contributed by atoms with Gasteiger partial charge in [0.15, 0.2) is 20.7 Å². The van der Waals surface area contributed by atoms with Gasteiger partial charge in [0, 0.05) is 10.9 Å². The van der Waals surface area contributed by atoms with Crippen LogP contribution < -0.4 is 10.1 Å². The third kappa shape index (κ3) is 4.68. The fourth-order valence-electron chi connectivity index (χ4n) is 2.95. The molecule has 4 aromatic rings. The summed E-state index contributed by atoms with van der Waals surface area (Å²) in [7, 11) is -1.98. The molecule has 0 radical (unpaired) electrons. The van der Waals surface area contributed by atoms with Crippen molar-refractivity contribution in [1.82, 2.24) is 4.98 Å². The minimum absolute atomic E-state index is 0.00676. The Hall–Kier alpha value is -3.43. The smallest absolute Gasteiger partial charge is 0.293 e. The summed E-state index contributed by atoms with van der Waals surface area (Å²) in [6.45, 7) is 0. The van der Waals surface area contributed by atoms with Gasteiger partial charge in [-0.25, -0.2) is 13.4 Å². The summed E-state index contributed by atoms with van der Waals surface area (Å²) in [5, 5.41) is 4.88. The molecule has 0 atom stereocenters. The van der Waals surface area contributed by atoms with Crippen LogP contribution in [-0.4, -0.2) is 26.4 Å². The number of thiazole rings is 1. The van der Waals surface area contributed by atoms with E-state index in [4.69, 9.17) is 9.15 Å². The van der Waals surface area contributed by atoms with Crippen LogP contribution in [0.4, 0.5) is 5.13 Å². The third-order valence-corrected chi connectivity index (χ3v) is 6.84. The lowest BCUT2D eigenvalue weighted by molar-refractivity contribution is 0.0995. The molecule has 31 heavy (non-hydrogen) atoms. The predicted molar refractivity (Wildman–Crippen MR) is 118 cm³/mol. The SMILES string of the molecule is COc1ccccc1-c1csc(NC(=O)c2ccc(CS(=O)(=O)c3ccccc3)o2)n1. The summed E-state index contributed by atoms with van der Waals surface area (Å²) in [6.07, 6.45) is 0. The standard InChI is InChI=1S/C22H18N2O5S2/c1-28-19-10-6-5-9-17(19)18-13-30-22(23-18)24-21(25)20-12-11-15(29-20)14-31(26,27)16-7-3-2-4-8-16/h2-13H,14H2,1H3,(H,23,24,25). The number of nitrogens with zero attached hydrogens (tertiary/aromatic N) is 1. The van der Waals surface area contributed by atoms with E-state index < -0.39 is 15.7 Å². The average Bonchev–Trinajstić information content (AvgIpc) is 3.44. The number of benzene rings is 2. The number of rotatable bonds is 7. The minimum Gasteiger partial charge on any atom is -0.496 e. The van der Waals surface area contributed by atoms with Gasteiger partial charge in [-0.15, -0.1) is 11.3 Å². The predicted octanol–water partition coefficient (Wildman–Crippen LogP) is 4.64. The summed E-state index contributed by atoms with van der Waals surface area (Å²) in [5.41, 5.74) is 1.49. The molecule has 7 nitrogen and oxygen atoms in total. The Labute approximate surface area is 183 Å². The Balaban J connectivity index is 1.46. The highest BCUT2D eigenvalue weighted by atomic mass is 32.2. The van der Waals surface area contributed by atoms with E-state index in [-0.39, 0.29) is 22.2 Å². The van der Waals surface area contributed by atoms with Gasteiger partial charge in [-0.3, -0.25) is 10.1 Å². The minimum atomic E-state index is -3.57. The molecule has 2 heterocycles. The maximum absolute atomic E-state index is 12.5. The number of hydrogen-bond donors (Lipinski definition) is 1. The van der Waals surface area contributed by atoms with Crippen LogP contribution in [0.3, 0.4) is 0 Å². The molecule has 0 saturated heterocycles. The average molecular weight is 455 g/mol. The van der Waals surface area contributed by atoms with Gasteiger partial charge in [0.25, 0.3) is 5.91 Å². The van der Waals surface area contributed by atoms with Crippen molar-refractivity contribution in [3.8, 4) is 17.0 Å². The second kappa shape index (κ2) is 8.75. The number of carbonyl (C=O) groups is 1. The maximum Gasteiger partial charge on any atom is 0.293 e. The van der Waals surface area contributed by atoms with Gasteiger partial charge in [-0.2, -0.15) is 0 Å². The fourth-order valence-corrected chi connectivity index (χ4v) is 4.92. The summed E-state index contributed by atoms with van der Waals surface area (Å²) in [6, 6.07) is 18.5. The van der Waals surface area contributed by atoms with Crippen LogP contribution in [0.2, 0.25) is 0 Å². The first kappa shape index (κ1) is 20.8. The van der Waals surface area contributed by atoms with Crippen molar-refractivity contribution >= 4 is 32.2 Å². The van der Waals surface area contributed by atoms with Crippen LogP contribution in [0, 0.1) is 0 Å². The molecule has 1 N–H and O–H groups in total. The number of methoxy groups -OCH3 is 1. The number of amides is 1. The molecule has 0 fully saturated rings. The van der Waals surface area contributed by atoms with Crippen LogP contribution in [0.15, 0.2) is 81.4 Å². The number of anilines is 1. The number of hydrogen-bond acceptors (Lipinski definition) is 7. The fraction of sp³-hybridized carbons (Fsp3) is 0.0909. The number of nitrogens with one attached hydrogen (secondary N) is 1. The quantitative estimate of drug-likeness (QED) is 0.437. The molecule has 1 amide bonds. The summed E-state index contributed by atoms with van der Waals surface area (Å²) >= 11 is 1.26. The van der Waals surface area contributed by atoms with E-state index in [9.17, 15) is 13.2 Å². The van der Waals surface area contributed by atoms with Crippen LogP contribution in [0.1, 0.15) is 16.3 Å². The molecule has 158 valence electrons. The van der Waals surface area contributed by atoms with E-state index in [0.29, 0.717) is 16.6 Å². The molecule has 0 aliphatic rings. The zero-order valence-corrected chi connectivity index (χ0v) is 18.1. The van der Waals surface area contributed by atoms with Crippen molar-refractivity contribution in [3.63, 3.8) is 0 Å². The van der Waals surface area contributed by atoms with Gasteiger partial charge in [0.2, 0.25) is 0 Å². The zero-order chi connectivity index (χ0) is 21.8. The van der Waals surface area contributed by atoms with Crippen LogP contribution >= 0.6 is 11.3 Å². The van der Waals surface area contributed by atoms with Gasteiger partial charge in [0.05, 0.1) is 17.7 Å². The molecular formula is C22H18N2O5S2. The monoisotopic (exact) mass is 454 g/mol. The maximum atomic E-state index is 12.5. The summed E-state index contributed by atoms with van der Waals surface area (Å²) < 4.78 is 35.8. The van der Waals surface area contributed by atoms with Crippen molar-refractivity contribution in [2.75, 3.05) is 12.4 Å². The summed E-state index contributed by atoms with van der Waals surface area (Å²) in [4.78, 5) is 17.1. The molecule has 4 rings (SSSR count). The molecule has 0 spiro atoms. The Morgan fingerprint density at radius 3 is 2.58 bits per heavy atom. The number of sulfone groups is 1. The summed E-state index contributed by atoms with van der Waals surface area (Å²) in [5.74, 6) is 0.0277. The molecule has 2 aromatic heterocycles. The number of para-hydroxylation sites is 1. The Morgan fingerprint density at radius 1 is 1.06 bits per heavy atom.